The van der Waals surface area contributed by atoms with Gasteiger partial charge in [0.25, 0.3) is 0 Å². The maximum atomic E-state index is 5.47. The summed E-state index contributed by atoms with van der Waals surface area (Å²) in [7, 11) is 0. The molecule has 0 spiro atoms. The molecular weight excluding hydrogens is 216 g/mol. The van der Waals surface area contributed by atoms with Crippen molar-refractivity contribution in [2.75, 3.05) is 26.3 Å². The molecule has 4 rings (SSSR count). The Morgan fingerprint density at radius 3 is 2.82 bits per heavy atom. The number of hydrogen-bond donors (Lipinski definition) is 1. The van der Waals surface area contributed by atoms with Crippen LogP contribution in [0.3, 0.4) is 0 Å². The lowest BCUT2D eigenvalue weighted by molar-refractivity contribution is -0.101. The van der Waals surface area contributed by atoms with Crippen LogP contribution < -0.4 is 5.32 Å². The molecule has 2 aliphatic rings. The van der Waals surface area contributed by atoms with Crippen molar-refractivity contribution in [1.82, 2.24) is 10.3 Å². The fraction of sp³-hybridized carbons (Fsp3) is 0.462. The summed E-state index contributed by atoms with van der Waals surface area (Å²) in [6, 6.07) is 6.34. The summed E-state index contributed by atoms with van der Waals surface area (Å²) in [4.78, 5) is 4.15. The molecule has 0 aliphatic carbocycles. The Morgan fingerprint density at radius 2 is 2.18 bits per heavy atom. The van der Waals surface area contributed by atoms with Gasteiger partial charge in [-0.2, -0.15) is 0 Å². The molecule has 0 saturated carbocycles. The van der Waals surface area contributed by atoms with Gasteiger partial charge in [0.05, 0.1) is 13.2 Å². The molecule has 0 unspecified atom stereocenters. The molecule has 0 amide bonds. The van der Waals surface area contributed by atoms with Crippen molar-refractivity contribution >= 4 is 11.1 Å². The number of fused-ring (bicyclic) bond motifs is 1. The normalized spacial score (nSPS) is 23.3. The standard InChI is InChI=1S/C13H14N2O2/c1-2-11-12(17-8-15-11)3-9(1)13(6-16-7-13)10-4-14-5-10/h1-3,8,10,14H,4-7H2. The van der Waals surface area contributed by atoms with Gasteiger partial charge in [-0.1, -0.05) is 6.07 Å². The summed E-state index contributed by atoms with van der Waals surface area (Å²) in [5.41, 5.74) is 3.34. The van der Waals surface area contributed by atoms with E-state index in [2.05, 4.69) is 22.4 Å². The van der Waals surface area contributed by atoms with Crippen LogP contribution in [0.2, 0.25) is 0 Å². The molecule has 1 N–H and O–H groups in total. The third-order valence-corrected chi connectivity index (χ3v) is 4.19. The largest absolute Gasteiger partial charge is 0.443 e. The number of aromatic nitrogens is 1. The zero-order valence-corrected chi connectivity index (χ0v) is 9.48. The average Bonchev–Trinajstić information content (AvgIpc) is 2.67. The highest BCUT2D eigenvalue weighted by atomic mass is 16.5. The van der Waals surface area contributed by atoms with Crippen molar-refractivity contribution in [3.8, 4) is 0 Å². The van der Waals surface area contributed by atoms with Gasteiger partial charge in [0, 0.05) is 18.5 Å². The van der Waals surface area contributed by atoms with Gasteiger partial charge in [0.2, 0.25) is 0 Å². The van der Waals surface area contributed by atoms with Crippen LogP contribution in [0, 0.1) is 5.92 Å². The minimum atomic E-state index is 0.201. The SMILES string of the molecule is c1nc2ccc(C3(C4CNC4)COC3)cc2o1. The first-order chi connectivity index (χ1) is 8.38. The fourth-order valence-corrected chi connectivity index (χ4v) is 2.80. The van der Waals surface area contributed by atoms with Gasteiger partial charge in [-0.25, -0.2) is 4.98 Å². The Bertz CT molecular complexity index is 555. The highest BCUT2D eigenvalue weighted by Crippen LogP contribution is 2.42. The molecule has 17 heavy (non-hydrogen) atoms. The molecule has 1 aromatic carbocycles. The lowest BCUT2D eigenvalue weighted by atomic mass is 9.66. The first kappa shape index (κ1) is 9.62. The highest BCUT2D eigenvalue weighted by Gasteiger charge is 2.49. The van der Waals surface area contributed by atoms with E-state index in [9.17, 15) is 0 Å². The summed E-state index contributed by atoms with van der Waals surface area (Å²) in [5.74, 6) is 0.691. The number of nitrogens with zero attached hydrogens (tertiary/aromatic N) is 1. The van der Waals surface area contributed by atoms with Crippen molar-refractivity contribution in [3.63, 3.8) is 0 Å². The Hall–Kier alpha value is -1.39. The van der Waals surface area contributed by atoms with Gasteiger partial charge in [-0.15, -0.1) is 0 Å². The number of nitrogens with one attached hydrogen (secondary N) is 1. The highest BCUT2D eigenvalue weighted by molar-refractivity contribution is 5.73. The molecular formula is C13H14N2O2. The van der Waals surface area contributed by atoms with E-state index in [4.69, 9.17) is 9.15 Å². The van der Waals surface area contributed by atoms with E-state index in [0.717, 1.165) is 37.4 Å². The Kier molecular flexibility index (Phi) is 1.87. The van der Waals surface area contributed by atoms with Crippen LogP contribution in [0.4, 0.5) is 0 Å². The van der Waals surface area contributed by atoms with Crippen molar-refractivity contribution < 1.29 is 9.15 Å². The zero-order chi connectivity index (χ0) is 11.3. The number of hydrogen-bond acceptors (Lipinski definition) is 4. The minimum absolute atomic E-state index is 0.201. The van der Waals surface area contributed by atoms with Gasteiger partial charge in [0.15, 0.2) is 12.0 Å². The van der Waals surface area contributed by atoms with Crippen molar-refractivity contribution in [2.45, 2.75) is 5.41 Å². The molecule has 0 atom stereocenters. The summed E-state index contributed by atoms with van der Waals surface area (Å²) in [6.07, 6.45) is 1.50. The van der Waals surface area contributed by atoms with Crippen LogP contribution in [0.5, 0.6) is 0 Å². The van der Waals surface area contributed by atoms with Gasteiger partial charge >= 0.3 is 0 Å². The first-order valence-corrected chi connectivity index (χ1v) is 6.01. The summed E-state index contributed by atoms with van der Waals surface area (Å²) >= 11 is 0. The van der Waals surface area contributed by atoms with E-state index in [1.165, 1.54) is 12.0 Å². The smallest absolute Gasteiger partial charge is 0.181 e. The number of oxazole rings is 1. The van der Waals surface area contributed by atoms with Crippen LogP contribution in [0.15, 0.2) is 29.0 Å². The van der Waals surface area contributed by atoms with E-state index in [1.54, 1.807) is 0 Å². The van der Waals surface area contributed by atoms with Gasteiger partial charge in [0.1, 0.15) is 5.52 Å². The summed E-state index contributed by atoms with van der Waals surface area (Å²) < 4.78 is 10.9. The molecule has 4 heteroatoms. The van der Waals surface area contributed by atoms with Crippen LogP contribution in [-0.2, 0) is 10.2 Å². The van der Waals surface area contributed by atoms with Gasteiger partial charge in [-0.05, 0) is 23.6 Å². The third-order valence-electron chi connectivity index (χ3n) is 4.19. The monoisotopic (exact) mass is 230 g/mol. The average molecular weight is 230 g/mol. The maximum absolute atomic E-state index is 5.47. The second-order valence-corrected chi connectivity index (χ2v) is 5.04. The number of benzene rings is 1. The molecule has 0 radical (unpaired) electrons. The molecule has 0 bridgehead atoms. The first-order valence-electron chi connectivity index (χ1n) is 6.01. The molecule has 88 valence electrons. The van der Waals surface area contributed by atoms with Crippen LogP contribution in [-0.4, -0.2) is 31.3 Å². The lowest BCUT2D eigenvalue weighted by Gasteiger charge is -2.51. The van der Waals surface area contributed by atoms with Crippen LogP contribution >= 0.6 is 0 Å². The second kappa shape index (κ2) is 3.31. The molecule has 2 saturated heterocycles. The van der Waals surface area contributed by atoms with Gasteiger partial charge in [-0.3, -0.25) is 0 Å². The summed E-state index contributed by atoms with van der Waals surface area (Å²) in [5, 5.41) is 3.35. The Morgan fingerprint density at radius 1 is 1.29 bits per heavy atom. The molecule has 4 nitrogen and oxygen atoms in total. The van der Waals surface area contributed by atoms with E-state index in [-0.39, 0.29) is 5.41 Å². The molecule has 2 aromatic rings. The predicted octanol–water partition coefficient (Wildman–Crippen LogP) is 1.32. The van der Waals surface area contributed by atoms with Crippen molar-refractivity contribution in [1.29, 1.82) is 0 Å². The number of rotatable bonds is 2. The van der Waals surface area contributed by atoms with Crippen molar-refractivity contribution in [2.24, 2.45) is 5.92 Å². The fourth-order valence-electron chi connectivity index (χ4n) is 2.80. The predicted molar refractivity (Wildman–Crippen MR) is 62.9 cm³/mol. The third kappa shape index (κ3) is 1.22. The Labute approximate surface area is 99.0 Å². The quantitative estimate of drug-likeness (QED) is 0.845. The minimum Gasteiger partial charge on any atom is -0.443 e. The maximum Gasteiger partial charge on any atom is 0.181 e. The summed E-state index contributed by atoms with van der Waals surface area (Å²) in [6.45, 7) is 3.85. The lowest BCUT2D eigenvalue weighted by Crippen LogP contribution is -2.62. The molecule has 2 fully saturated rings. The van der Waals surface area contributed by atoms with Crippen LogP contribution in [0.25, 0.3) is 11.1 Å². The molecule has 3 heterocycles. The number of ether oxygens (including phenoxy) is 1. The van der Waals surface area contributed by atoms with E-state index in [1.807, 2.05) is 6.07 Å². The van der Waals surface area contributed by atoms with E-state index in [0.29, 0.717) is 5.92 Å². The van der Waals surface area contributed by atoms with Crippen molar-refractivity contribution in [3.05, 3.63) is 30.2 Å². The van der Waals surface area contributed by atoms with Crippen LogP contribution in [0.1, 0.15) is 5.56 Å². The second-order valence-electron chi connectivity index (χ2n) is 5.04. The Balaban J connectivity index is 1.80. The topological polar surface area (TPSA) is 47.3 Å². The van der Waals surface area contributed by atoms with Gasteiger partial charge < -0.3 is 14.5 Å². The zero-order valence-electron chi connectivity index (χ0n) is 9.48. The van der Waals surface area contributed by atoms with E-state index >= 15 is 0 Å². The molecule has 1 aromatic heterocycles. The molecule has 2 aliphatic heterocycles. The van der Waals surface area contributed by atoms with E-state index < -0.39 is 0 Å².